The molecule has 132 valence electrons. The van der Waals surface area contributed by atoms with Crippen LogP contribution in [-0.4, -0.2) is 44.0 Å². The van der Waals surface area contributed by atoms with E-state index in [0.717, 1.165) is 42.0 Å². The fourth-order valence-corrected chi connectivity index (χ4v) is 2.48. The standard InChI is InChI=1S/C19H26N2O2.ClH/c1-5-21(6-2)11-12-23-20-15(3)16-7-8-18-14-19(22-4)10-9-17(18)13-16;/h7-10,13-14H,5-6,11-12H2,1-4H3;1H. The van der Waals surface area contributed by atoms with Gasteiger partial charge in [-0.25, -0.2) is 0 Å². The molecule has 24 heavy (non-hydrogen) atoms. The Morgan fingerprint density at radius 2 is 1.71 bits per heavy atom. The van der Waals surface area contributed by atoms with Crippen LogP contribution < -0.4 is 4.74 Å². The quantitative estimate of drug-likeness (QED) is 0.403. The fourth-order valence-electron chi connectivity index (χ4n) is 2.48. The molecular weight excluding hydrogens is 324 g/mol. The summed E-state index contributed by atoms with van der Waals surface area (Å²) in [5.41, 5.74) is 1.97. The highest BCUT2D eigenvalue weighted by atomic mass is 35.5. The number of benzene rings is 2. The Hall–Kier alpha value is -1.78. The van der Waals surface area contributed by atoms with Crippen LogP contribution in [0.5, 0.6) is 5.75 Å². The lowest BCUT2D eigenvalue weighted by atomic mass is 10.0. The molecule has 2 aromatic rings. The van der Waals surface area contributed by atoms with E-state index in [1.807, 2.05) is 19.1 Å². The number of methoxy groups -OCH3 is 1. The third-order valence-corrected chi connectivity index (χ3v) is 4.06. The summed E-state index contributed by atoms with van der Waals surface area (Å²) in [5.74, 6) is 0.871. The Morgan fingerprint density at radius 1 is 1.04 bits per heavy atom. The summed E-state index contributed by atoms with van der Waals surface area (Å²) in [4.78, 5) is 7.77. The summed E-state index contributed by atoms with van der Waals surface area (Å²) in [6, 6.07) is 12.3. The highest BCUT2D eigenvalue weighted by Gasteiger charge is 2.03. The highest BCUT2D eigenvalue weighted by molar-refractivity contribution is 6.01. The van der Waals surface area contributed by atoms with Gasteiger partial charge in [0.25, 0.3) is 0 Å². The number of oxime groups is 1. The third kappa shape index (κ3) is 5.39. The van der Waals surface area contributed by atoms with Gasteiger partial charge in [0.1, 0.15) is 12.4 Å². The summed E-state index contributed by atoms with van der Waals surface area (Å²) in [6.07, 6.45) is 0. The monoisotopic (exact) mass is 350 g/mol. The SMILES string of the molecule is CCN(CC)CCON=C(C)c1ccc2cc(OC)ccc2c1.Cl. The molecular formula is C19H27ClN2O2. The number of hydrogen-bond donors (Lipinski definition) is 0. The van der Waals surface area contributed by atoms with Gasteiger partial charge in [0, 0.05) is 6.54 Å². The van der Waals surface area contributed by atoms with Gasteiger partial charge in [0.2, 0.25) is 0 Å². The van der Waals surface area contributed by atoms with Crippen LogP contribution in [0.3, 0.4) is 0 Å². The molecule has 0 atom stereocenters. The number of halogens is 1. The number of likely N-dealkylation sites (N-methyl/N-ethyl adjacent to an activating group) is 1. The van der Waals surface area contributed by atoms with Gasteiger partial charge in [0.05, 0.1) is 12.8 Å². The van der Waals surface area contributed by atoms with Crippen molar-refractivity contribution in [3.63, 3.8) is 0 Å². The molecule has 4 nitrogen and oxygen atoms in total. The summed E-state index contributed by atoms with van der Waals surface area (Å²) >= 11 is 0. The molecule has 5 heteroatoms. The second kappa shape index (κ2) is 10.2. The lowest BCUT2D eigenvalue weighted by Gasteiger charge is -2.16. The fraction of sp³-hybridized carbons (Fsp3) is 0.421. The Kier molecular flexibility index (Phi) is 8.58. The minimum Gasteiger partial charge on any atom is -0.497 e. The number of fused-ring (bicyclic) bond motifs is 1. The van der Waals surface area contributed by atoms with Crippen molar-refractivity contribution in [2.75, 3.05) is 33.4 Å². The minimum absolute atomic E-state index is 0. The van der Waals surface area contributed by atoms with Crippen LogP contribution in [0, 0.1) is 0 Å². The molecule has 0 heterocycles. The highest BCUT2D eigenvalue weighted by Crippen LogP contribution is 2.22. The van der Waals surface area contributed by atoms with Crippen molar-refractivity contribution < 1.29 is 9.57 Å². The molecule has 0 aliphatic carbocycles. The first kappa shape index (κ1) is 20.3. The Balaban J connectivity index is 0.00000288. The van der Waals surface area contributed by atoms with Crippen molar-refractivity contribution in [3.05, 3.63) is 42.0 Å². The van der Waals surface area contributed by atoms with Gasteiger partial charge in [-0.1, -0.05) is 37.2 Å². The summed E-state index contributed by atoms with van der Waals surface area (Å²) < 4.78 is 5.26. The van der Waals surface area contributed by atoms with Gasteiger partial charge < -0.3 is 14.5 Å². The van der Waals surface area contributed by atoms with Crippen LogP contribution in [0.25, 0.3) is 10.8 Å². The second-order valence-electron chi connectivity index (χ2n) is 5.46. The van der Waals surface area contributed by atoms with Crippen LogP contribution in [0.15, 0.2) is 41.6 Å². The van der Waals surface area contributed by atoms with E-state index in [4.69, 9.17) is 9.57 Å². The summed E-state index contributed by atoms with van der Waals surface area (Å²) in [6.45, 7) is 9.88. The molecule has 0 aliphatic rings. The Labute approximate surface area is 150 Å². The number of hydrogen-bond acceptors (Lipinski definition) is 4. The minimum atomic E-state index is 0. The maximum atomic E-state index is 5.46. The maximum Gasteiger partial charge on any atom is 0.129 e. The average molecular weight is 351 g/mol. The Morgan fingerprint density at radius 3 is 2.38 bits per heavy atom. The van der Waals surface area contributed by atoms with Gasteiger partial charge in [-0.2, -0.15) is 0 Å². The number of rotatable bonds is 8. The van der Waals surface area contributed by atoms with Gasteiger partial charge in [-0.3, -0.25) is 0 Å². The van der Waals surface area contributed by atoms with Gasteiger partial charge in [-0.05, 0) is 54.5 Å². The zero-order valence-corrected chi connectivity index (χ0v) is 15.7. The van der Waals surface area contributed by atoms with E-state index in [9.17, 15) is 0 Å². The zero-order valence-electron chi connectivity index (χ0n) is 14.9. The van der Waals surface area contributed by atoms with Crippen LogP contribution in [-0.2, 0) is 4.84 Å². The van der Waals surface area contributed by atoms with E-state index >= 15 is 0 Å². The van der Waals surface area contributed by atoms with Crippen LogP contribution in [0.4, 0.5) is 0 Å². The third-order valence-electron chi connectivity index (χ3n) is 4.06. The van der Waals surface area contributed by atoms with Crippen molar-refractivity contribution in [1.29, 1.82) is 0 Å². The van der Waals surface area contributed by atoms with E-state index in [2.05, 4.69) is 48.2 Å². The molecule has 0 saturated carbocycles. The predicted octanol–water partition coefficient (Wildman–Crippen LogP) is 4.35. The molecule has 0 radical (unpaired) electrons. The molecule has 0 saturated heterocycles. The van der Waals surface area contributed by atoms with Crippen molar-refractivity contribution in [2.24, 2.45) is 5.16 Å². The van der Waals surface area contributed by atoms with Crippen molar-refractivity contribution in [1.82, 2.24) is 4.90 Å². The van der Waals surface area contributed by atoms with Gasteiger partial charge in [0.15, 0.2) is 0 Å². The van der Waals surface area contributed by atoms with E-state index in [-0.39, 0.29) is 12.4 Å². The number of nitrogens with zero attached hydrogens (tertiary/aromatic N) is 2. The molecule has 0 fully saturated rings. The lowest BCUT2D eigenvalue weighted by Crippen LogP contribution is -2.26. The number of ether oxygens (including phenoxy) is 1. The van der Waals surface area contributed by atoms with Crippen LogP contribution in [0.1, 0.15) is 26.3 Å². The van der Waals surface area contributed by atoms with E-state index in [0.29, 0.717) is 6.61 Å². The van der Waals surface area contributed by atoms with Gasteiger partial charge in [-0.15, -0.1) is 12.4 Å². The second-order valence-corrected chi connectivity index (χ2v) is 5.46. The van der Waals surface area contributed by atoms with Crippen molar-refractivity contribution >= 4 is 28.9 Å². The first-order chi connectivity index (χ1) is 11.2. The molecule has 0 spiro atoms. The van der Waals surface area contributed by atoms with Crippen molar-refractivity contribution in [2.45, 2.75) is 20.8 Å². The molecule has 0 amide bonds. The van der Waals surface area contributed by atoms with Gasteiger partial charge >= 0.3 is 0 Å². The Bertz CT molecular complexity index is 669. The van der Waals surface area contributed by atoms with E-state index in [1.54, 1.807) is 7.11 Å². The molecule has 0 bridgehead atoms. The first-order valence-corrected chi connectivity index (χ1v) is 8.15. The van der Waals surface area contributed by atoms with E-state index < -0.39 is 0 Å². The summed E-state index contributed by atoms with van der Waals surface area (Å²) in [5, 5.41) is 6.56. The molecule has 0 aromatic heterocycles. The largest absolute Gasteiger partial charge is 0.497 e. The molecule has 2 aromatic carbocycles. The lowest BCUT2D eigenvalue weighted by molar-refractivity contribution is 0.114. The average Bonchev–Trinajstić information content (AvgIpc) is 2.60. The smallest absolute Gasteiger partial charge is 0.129 e. The van der Waals surface area contributed by atoms with Crippen LogP contribution in [0.2, 0.25) is 0 Å². The predicted molar refractivity (Wildman–Crippen MR) is 104 cm³/mol. The van der Waals surface area contributed by atoms with E-state index in [1.165, 1.54) is 5.39 Å². The van der Waals surface area contributed by atoms with Crippen LogP contribution >= 0.6 is 12.4 Å². The molecule has 0 unspecified atom stereocenters. The maximum absolute atomic E-state index is 5.46. The molecule has 0 N–H and O–H groups in total. The normalized spacial score (nSPS) is 11.5. The molecule has 2 rings (SSSR count). The zero-order chi connectivity index (χ0) is 16.7. The first-order valence-electron chi connectivity index (χ1n) is 8.15. The molecule has 0 aliphatic heterocycles. The van der Waals surface area contributed by atoms with Crippen molar-refractivity contribution in [3.8, 4) is 5.75 Å². The summed E-state index contributed by atoms with van der Waals surface area (Å²) in [7, 11) is 1.68. The topological polar surface area (TPSA) is 34.1 Å².